The van der Waals surface area contributed by atoms with E-state index in [1.165, 1.54) is 71.1 Å². The van der Waals surface area contributed by atoms with Crippen molar-refractivity contribution in [1.82, 2.24) is 15.1 Å². The third-order valence-electron chi connectivity index (χ3n) is 6.00. The van der Waals surface area contributed by atoms with Gasteiger partial charge in [0.25, 0.3) is 0 Å². The van der Waals surface area contributed by atoms with E-state index in [0.29, 0.717) is 5.54 Å². The second kappa shape index (κ2) is 5.71. The van der Waals surface area contributed by atoms with E-state index in [9.17, 15) is 0 Å². The van der Waals surface area contributed by atoms with Crippen LogP contribution in [0.5, 0.6) is 0 Å². The summed E-state index contributed by atoms with van der Waals surface area (Å²) in [4.78, 5) is 5.47. The first kappa shape index (κ1) is 13.8. The van der Waals surface area contributed by atoms with Crippen molar-refractivity contribution in [2.45, 2.75) is 69.5 Å². The van der Waals surface area contributed by atoms with Crippen LogP contribution >= 0.6 is 0 Å². The van der Waals surface area contributed by atoms with E-state index in [1.807, 2.05) is 0 Å². The van der Waals surface area contributed by atoms with Crippen molar-refractivity contribution in [3.05, 3.63) is 0 Å². The Bertz CT molecular complexity index is 290. The zero-order valence-electron chi connectivity index (χ0n) is 12.8. The van der Waals surface area contributed by atoms with E-state index in [1.54, 1.807) is 0 Å². The fourth-order valence-corrected chi connectivity index (χ4v) is 4.65. The Hall–Kier alpha value is -0.120. The Kier molecular flexibility index (Phi) is 4.16. The van der Waals surface area contributed by atoms with E-state index >= 15 is 0 Å². The van der Waals surface area contributed by atoms with Gasteiger partial charge in [-0.05, 0) is 46.2 Å². The van der Waals surface area contributed by atoms with Crippen LogP contribution in [0.3, 0.4) is 0 Å². The van der Waals surface area contributed by atoms with Crippen molar-refractivity contribution >= 4 is 0 Å². The van der Waals surface area contributed by atoms with Crippen LogP contribution in [0.15, 0.2) is 0 Å². The average molecular weight is 265 g/mol. The van der Waals surface area contributed by atoms with Crippen LogP contribution in [0.4, 0.5) is 0 Å². The monoisotopic (exact) mass is 265 g/mol. The van der Waals surface area contributed by atoms with Gasteiger partial charge in [0, 0.05) is 37.3 Å². The van der Waals surface area contributed by atoms with Crippen LogP contribution in [0.25, 0.3) is 0 Å². The number of piperazine rings is 1. The second-order valence-corrected chi connectivity index (χ2v) is 7.16. The summed E-state index contributed by atoms with van der Waals surface area (Å²) in [5, 5.41) is 3.68. The van der Waals surface area contributed by atoms with Crippen LogP contribution in [-0.4, -0.2) is 60.6 Å². The molecule has 0 aromatic carbocycles. The molecular weight excluding hydrogens is 234 g/mol. The normalized spacial score (nSPS) is 37.6. The molecule has 0 radical (unpaired) electrons. The maximum absolute atomic E-state index is 3.68. The molecule has 3 heteroatoms. The van der Waals surface area contributed by atoms with Crippen LogP contribution in [0.2, 0.25) is 0 Å². The van der Waals surface area contributed by atoms with Crippen LogP contribution in [-0.2, 0) is 0 Å². The molecule has 3 aliphatic rings. The summed E-state index contributed by atoms with van der Waals surface area (Å²) in [7, 11) is 2.29. The van der Waals surface area contributed by atoms with E-state index < -0.39 is 0 Å². The van der Waals surface area contributed by atoms with Gasteiger partial charge in [0.15, 0.2) is 0 Å². The van der Waals surface area contributed by atoms with E-state index in [2.05, 4.69) is 29.1 Å². The number of nitrogens with one attached hydrogen (secondary N) is 1. The maximum Gasteiger partial charge on any atom is 0.0337 e. The maximum atomic E-state index is 3.68. The lowest BCUT2D eigenvalue weighted by Crippen LogP contribution is -2.66. The molecule has 0 amide bonds. The first-order valence-corrected chi connectivity index (χ1v) is 8.39. The van der Waals surface area contributed by atoms with E-state index in [-0.39, 0.29) is 0 Å². The Balaban J connectivity index is 1.73. The molecule has 0 bridgehead atoms. The van der Waals surface area contributed by atoms with Gasteiger partial charge in [-0.3, -0.25) is 4.90 Å². The minimum atomic E-state index is 0.511. The fourth-order valence-electron chi connectivity index (χ4n) is 4.65. The van der Waals surface area contributed by atoms with Gasteiger partial charge in [-0.15, -0.1) is 0 Å². The number of rotatable bonds is 1. The number of hydrogen-bond donors (Lipinski definition) is 1. The minimum Gasteiger partial charge on any atom is -0.314 e. The number of nitrogens with zero attached hydrogens (tertiary/aromatic N) is 2. The fraction of sp³-hybridized carbons (Fsp3) is 1.00. The summed E-state index contributed by atoms with van der Waals surface area (Å²) >= 11 is 0. The molecule has 110 valence electrons. The zero-order valence-corrected chi connectivity index (χ0v) is 12.8. The molecular formula is C16H31N3. The molecule has 19 heavy (non-hydrogen) atoms. The summed E-state index contributed by atoms with van der Waals surface area (Å²) in [6.45, 7) is 7.41. The number of likely N-dealkylation sites (tertiary alicyclic amines) is 1. The predicted molar refractivity (Wildman–Crippen MR) is 80.5 cm³/mol. The van der Waals surface area contributed by atoms with Gasteiger partial charge < -0.3 is 10.2 Å². The zero-order chi connectivity index (χ0) is 13.3. The van der Waals surface area contributed by atoms with Crippen molar-refractivity contribution in [3.8, 4) is 0 Å². The van der Waals surface area contributed by atoms with Crippen molar-refractivity contribution < 1.29 is 0 Å². The molecule has 1 saturated carbocycles. The third kappa shape index (κ3) is 2.70. The average Bonchev–Trinajstić information content (AvgIpc) is 2.44. The molecule has 2 saturated heterocycles. The quantitative estimate of drug-likeness (QED) is 0.783. The number of hydrogen-bond acceptors (Lipinski definition) is 3. The molecule has 0 aromatic rings. The summed E-state index contributed by atoms with van der Waals surface area (Å²) in [6.07, 6.45) is 9.96. The summed E-state index contributed by atoms with van der Waals surface area (Å²) in [6, 6.07) is 1.60. The topological polar surface area (TPSA) is 18.5 Å². The molecule has 1 N–H and O–H groups in total. The first-order chi connectivity index (χ1) is 9.21. The standard InChI is InChI=1S/C16H31N3/c1-14-12-15(6-10-18(14)2)19-11-9-17-13-16(19)7-4-3-5-8-16/h14-15,17H,3-13H2,1-2H3. The highest BCUT2D eigenvalue weighted by atomic mass is 15.3. The first-order valence-electron chi connectivity index (χ1n) is 8.39. The van der Waals surface area contributed by atoms with Crippen molar-refractivity contribution in [2.75, 3.05) is 33.2 Å². The van der Waals surface area contributed by atoms with Gasteiger partial charge >= 0.3 is 0 Å². The largest absolute Gasteiger partial charge is 0.314 e. The van der Waals surface area contributed by atoms with Crippen molar-refractivity contribution in [1.29, 1.82) is 0 Å². The van der Waals surface area contributed by atoms with Crippen LogP contribution < -0.4 is 5.32 Å². The molecule has 2 atom stereocenters. The lowest BCUT2D eigenvalue weighted by atomic mass is 9.77. The van der Waals surface area contributed by atoms with Crippen molar-refractivity contribution in [2.24, 2.45) is 0 Å². The Morgan fingerprint density at radius 2 is 1.89 bits per heavy atom. The van der Waals surface area contributed by atoms with Gasteiger partial charge in [-0.1, -0.05) is 19.3 Å². The highest BCUT2D eigenvalue weighted by Crippen LogP contribution is 2.38. The SMILES string of the molecule is CC1CC(N2CCNCC23CCCCC3)CCN1C. The molecule has 1 spiro atoms. The Labute approximate surface area is 118 Å². The minimum absolute atomic E-state index is 0.511. The lowest BCUT2D eigenvalue weighted by Gasteiger charge is -2.55. The van der Waals surface area contributed by atoms with Gasteiger partial charge in [0.05, 0.1) is 0 Å². The molecule has 0 aromatic heterocycles. The highest BCUT2D eigenvalue weighted by Gasteiger charge is 2.43. The summed E-state index contributed by atoms with van der Waals surface area (Å²) in [5.41, 5.74) is 0.511. The van der Waals surface area contributed by atoms with Gasteiger partial charge in [0.2, 0.25) is 0 Å². The number of piperidine rings is 1. The lowest BCUT2D eigenvalue weighted by molar-refractivity contribution is -0.0335. The second-order valence-electron chi connectivity index (χ2n) is 7.16. The predicted octanol–water partition coefficient (Wildman–Crippen LogP) is 2.08. The molecule has 3 rings (SSSR count). The van der Waals surface area contributed by atoms with Crippen LogP contribution in [0, 0.1) is 0 Å². The van der Waals surface area contributed by atoms with Gasteiger partial charge in [-0.2, -0.15) is 0 Å². The molecule has 3 fully saturated rings. The van der Waals surface area contributed by atoms with E-state index in [4.69, 9.17) is 0 Å². The smallest absolute Gasteiger partial charge is 0.0337 e. The Morgan fingerprint density at radius 3 is 2.63 bits per heavy atom. The van der Waals surface area contributed by atoms with Crippen LogP contribution in [0.1, 0.15) is 51.9 Å². The Morgan fingerprint density at radius 1 is 1.11 bits per heavy atom. The van der Waals surface area contributed by atoms with Gasteiger partial charge in [0.1, 0.15) is 0 Å². The molecule has 1 aliphatic carbocycles. The highest BCUT2D eigenvalue weighted by molar-refractivity contribution is 5.01. The van der Waals surface area contributed by atoms with E-state index in [0.717, 1.165) is 12.1 Å². The third-order valence-corrected chi connectivity index (χ3v) is 6.00. The molecule has 2 aliphatic heterocycles. The molecule has 3 nitrogen and oxygen atoms in total. The molecule has 2 heterocycles. The summed E-state index contributed by atoms with van der Waals surface area (Å²) < 4.78 is 0. The summed E-state index contributed by atoms with van der Waals surface area (Å²) in [5.74, 6) is 0. The van der Waals surface area contributed by atoms with Gasteiger partial charge in [-0.25, -0.2) is 0 Å². The molecule has 2 unspecified atom stereocenters. The van der Waals surface area contributed by atoms with Crippen molar-refractivity contribution in [3.63, 3.8) is 0 Å².